The zero-order valence-electron chi connectivity index (χ0n) is 9.74. The highest BCUT2D eigenvalue weighted by atomic mass is 15.1. The molecule has 5 heteroatoms. The maximum Gasteiger partial charge on any atom is 0.109 e. The van der Waals surface area contributed by atoms with E-state index in [4.69, 9.17) is 11.5 Å². The Balaban J connectivity index is 2.26. The van der Waals surface area contributed by atoms with Crippen LogP contribution in [0, 0.1) is 0 Å². The highest BCUT2D eigenvalue weighted by molar-refractivity contribution is 5.67. The zero-order valence-corrected chi connectivity index (χ0v) is 9.74. The average molecular weight is 239 g/mol. The third-order valence-corrected chi connectivity index (χ3v) is 2.34. The Kier molecular flexibility index (Phi) is 3.33. The lowest BCUT2D eigenvalue weighted by Gasteiger charge is -2.00. The second kappa shape index (κ2) is 5.09. The minimum atomic E-state index is 0.497. The van der Waals surface area contributed by atoms with Gasteiger partial charge in [-0.2, -0.15) is 5.11 Å². The standard InChI is InChI=1S/C13H13N5/c1-16-10-3-2-4-11(8-10)17-18-13-6-5-9(14)7-12(13)15/h2-8H,1,14-15H2/b18-17+. The monoisotopic (exact) mass is 239 g/mol. The van der Waals surface area contributed by atoms with Crippen LogP contribution in [-0.2, 0) is 0 Å². The van der Waals surface area contributed by atoms with E-state index in [1.165, 1.54) is 0 Å². The summed E-state index contributed by atoms with van der Waals surface area (Å²) in [5.41, 5.74) is 14.5. The molecule has 0 saturated heterocycles. The van der Waals surface area contributed by atoms with Crippen LogP contribution >= 0.6 is 0 Å². The molecule has 0 spiro atoms. The van der Waals surface area contributed by atoms with Gasteiger partial charge in [-0.05, 0) is 43.1 Å². The number of hydrogen-bond acceptors (Lipinski definition) is 5. The van der Waals surface area contributed by atoms with E-state index >= 15 is 0 Å². The van der Waals surface area contributed by atoms with Gasteiger partial charge in [-0.15, -0.1) is 5.11 Å². The van der Waals surface area contributed by atoms with Crippen LogP contribution in [-0.4, -0.2) is 6.72 Å². The molecular formula is C13H13N5. The molecule has 0 unspecified atom stereocenters. The van der Waals surface area contributed by atoms with Crippen LogP contribution < -0.4 is 11.5 Å². The van der Waals surface area contributed by atoms with Gasteiger partial charge in [0.25, 0.3) is 0 Å². The molecule has 0 aliphatic rings. The van der Waals surface area contributed by atoms with Crippen LogP contribution in [0.2, 0.25) is 0 Å². The number of aliphatic imine (C=N–C) groups is 1. The van der Waals surface area contributed by atoms with Crippen LogP contribution in [0.1, 0.15) is 0 Å². The van der Waals surface area contributed by atoms with Crippen molar-refractivity contribution in [3.63, 3.8) is 0 Å². The zero-order chi connectivity index (χ0) is 13.0. The molecule has 90 valence electrons. The van der Waals surface area contributed by atoms with Crippen molar-refractivity contribution < 1.29 is 0 Å². The quantitative estimate of drug-likeness (QED) is 0.486. The summed E-state index contributed by atoms with van der Waals surface area (Å²) in [6.45, 7) is 3.46. The van der Waals surface area contributed by atoms with Gasteiger partial charge >= 0.3 is 0 Å². The van der Waals surface area contributed by atoms with E-state index in [1.807, 2.05) is 18.2 Å². The van der Waals surface area contributed by atoms with Crippen molar-refractivity contribution in [2.45, 2.75) is 0 Å². The molecular weight excluding hydrogens is 226 g/mol. The first-order valence-corrected chi connectivity index (χ1v) is 5.32. The van der Waals surface area contributed by atoms with Gasteiger partial charge < -0.3 is 11.5 Å². The predicted octanol–water partition coefficient (Wildman–Crippen LogP) is 3.60. The predicted molar refractivity (Wildman–Crippen MR) is 75.1 cm³/mol. The first-order valence-electron chi connectivity index (χ1n) is 5.32. The molecule has 0 amide bonds. The van der Waals surface area contributed by atoms with Crippen molar-refractivity contribution in [3.8, 4) is 0 Å². The van der Waals surface area contributed by atoms with E-state index in [0.29, 0.717) is 22.7 Å². The average Bonchev–Trinajstić information content (AvgIpc) is 2.38. The summed E-state index contributed by atoms with van der Waals surface area (Å²) in [5.74, 6) is 0. The molecule has 2 aromatic rings. The molecule has 0 heterocycles. The smallest absolute Gasteiger partial charge is 0.109 e. The molecule has 0 saturated carbocycles. The van der Waals surface area contributed by atoms with Crippen LogP contribution in [0.4, 0.5) is 28.4 Å². The normalized spacial score (nSPS) is 10.7. The lowest BCUT2D eigenvalue weighted by Crippen LogP contribution is -1.89. The SMILES string of the molecule is C=Nc1cccc(/N=N/c2ccc(N)cc2N)c1. The van der Waals surface area contributed by atoms with Crippen LogP contribution in [0.25, 0.3) is 0 Å². The van der Waals surface area contributed by atoms with Crippen molar-refractivity contribution in [2.24, 2.45) is 15.2 Å². The van der Waals surface area contributed by atoms with Gasteiger partial charge in [0.2, 0.25) is 0 Å². The first-order chi connectivity index (χ1) is 8.69. The largest absolute Gasteiger partial charge is 0.399 e. The highest BCUT2D eigenvalue weighted by Crippen LogP contribution is 2.27. The Labute approximate surface area is 105 Å². The van der Waals surface area contributed by atoms with Crippen LogP contribution in [0.15, 0.2) is 57.7 Å². The van der Waals surface area contributed by atoms with E-state index in [9.17, 15) is 0 Å². The van der Waals surface area contributed by atoms with E-state index in [0.717, 1.165) is 5.69 Å². The number of nitrogen functional groups attached to an aromatic ring is 2. The van der Waals surface area contributed by atoms with Gasteiger partial charge in [-0.25, -0.2) is 0 Å². The molecule has 0 atom stereocenters. The summed E-state index contributed by atoms with van der Waals surface area (Å²) in [7, 11) is 0. The van der Waals surface area contributed by atoms with Crippen molar-refractivity contribution >= 4 is 35.2 Å². The molecule has 0 aromatic heterocycles. The second-order valence-corrected chi connectivity index (χ2v) is 3.70. The minimum Gasteiger partial charge on any atom is -0.399 e. The molecule has 0 aliphatic carbocycles. The highest BCUT2D eigenvalue weighted by Gasteiger charge is 1.98. The van der Waals surface area contributed by atoms with E-state index < -0.39 is 0 Å². The number of nitrogens with zero attached hydrogens (tertiary/aromatic N) is 3. The Morgan fingerprint density at radius 3 is 2.39 bits per heavy atom. The van der Waals surface area contributed by atoms with Crippen molar-refractivity contribution in [1.82, 2.24) is 0 Å². The summed E-state index contributed by atoms with van der Waals surface area (Å²) in [6.07, 6.45) is 0. The Morgan fingerprint density at radius 2 is 1.67 bits per heavy atom. The summed E-state index contributed by atoms with van der Waals surface area (Å²) < 4.78 is 0. The third-order valence-electron chi connectivity index (χ3n) is 2.34. The second-order valence-electron chi connectivity index (χ2n) is 3.70. The summed E-state index contributed by atoms with van der Waals surface area (Å²) in [5, 5.41) is 8.17. The molecule has 0 bridgehead atoms. The van der Waals surface area contributed by atoms with Crippen molar-refractivity contribution in [3.05, 3.63) is 42.5 Å². The van der Waals surface area contributed by atoms with Crippen LogP contribution in [0.5, 0.6) is 0 Å². The molecule has 2 aromatic carbocycles. The summed E-state index contributed by atoms with van der Waals surface area (Å²) in [6, 6.07) is 12.4. The number of hydrogen-bond donors (Lipinski definition) is 2. The lowest BCUT2D eigenvalue weighted by atomic mass is 10.2. The fourth-order valence-corrected chi connectivity index (χ4v) is 1.43. The van der Waals surface area contributed by atoms with Gasteiger partial charge in [0.05, 0.1) is 17.1 Å². The molecule has 0 fully saturated rings. The van der Waals surface area contributed by atoms with Gasteiger partial charge in [-0.3, -0.25) is 4.99 Å². The van der Waals surface area contributed by atoms with E-state index in [-0.39, 0.29) is 0 Å². The topological polar surface area (TPSA) is 89.1 Å². The van der Waals surface area contributed by atoms with Gasteiger partial charge in [0.1, 0.15) is 5.69 Å². The fraction of sp³-hybridized carbons (Fsp3) is 0. The third kappa shape index (κ3) is 2.70. The Bertz CT molecular complexity index is 604. The van der Waals surface area contributed by atoms with Crippen LogP contribution in [0.3, 0.4) is 0 Å². The maximum atomic E-state index is 5.78. The van der Waals surface area contributed by atoms with Crippen molar-refractivity contribution in [2.75, 3.05) is 11.5 Å². The molecule has 5 nitrogen and oxygen atoms in total. The number of azo groups is 1. The molecule has 4 N–H and O–H groups in total. The van der Waals surface area contributed by atoms with E-state index in [1.54, 1.807) is 24.3 Å². The minimum absolute atomic E-state index is 0.497. The maximum absolute atomic E-state index is 5.78. The van der Waals surface area contributed by atoms with Gasteiger partial charge in [0, 0.05) is 5.69 Å². The Hall–Kier alpha value is -2.69. The van der Waals surface area contributed by atoms with E-state index in [2.05, 4.69) is 21.9 Å². The van der Waals surface area contributed by atoms with Crippen molar-refractivity contribution in [1.29, 1.82) is 0 Å². The Morgan fingerprint density at radius 1 is 0.889 bits per heavy atom. The number of anilines is 2. The van der Waals surface area contributed by atoms with Gasteiger partial charge in [0.15, 0.2) is 0 Å². The molecule has 0 radical (unpaired) electrons. The number of nitrogens with two attached hydrogens (primary N) is 2. The van der Waals surface area contributed by atoms with Gasteiger partial charge in [-0.1, -0.05) is 6.07 Å². The lowest BCUT2D eigenvalue weighted by molar-refractivity contribution is 1.23. The summed E-state index contributed by atoms with van der Waals surface area (Å²) >= 11 is 0. The number of benzene rings is 2. The molecule has 0 aliphatic heterocycles. The summed E-state index contributed by atoms with van der Waals surface area (Å²) in [4.78, 5) is 3.82. The molecule has 2 rings (SSSR count). The first kappa shape index (κ1) is 11.8. The molecule has 18 heavy (non-hydrogen) atoms. The number of rotatable bonds is 3. The fourth-order valence-electron chi connectivity index (χ4n) is 1.43.